The van der Waals surface area contributed by atoms with Crippen molar-refractivity contribution in [3.63, 3.8) is 0 Å². The van der Waals surface area contributed by atoms with E-state index in [4.69, 9.17) is 24.3 Å². The largest absolute Gasteiger partial charge is 0.444 e. The van der Waals surface area contributed by atoms with Crippen LogP contribution in [0.2, 0.25) is 0 Å². The number of hydrogen-bond acceptors (Lipinski definition) is 18. The molecule has 4 aliphatic rings. The number of benzene rings is 2. The second kappa shape index (κ2) is 25.6. The number of ether oxygens (including phenoxy) is 1. The molecule has 84 heavy (non-hydrogen) atoms. The van der Waals surface area contributed by atoms with E-state index in [9.17, 15) is 14.4 Å². The standard InChI is InChI=1S/C28H30N6O3S.C23H22N6OS.C8H6N2S.CO2.ClH/c1-27(2,3)37-26(36)33-13-11-28(17-33)14-19(15-28)34-21-7-5-4-6-20(21)31-25(34)32-24(35)23-9-8-22(38-23)18-10-12-29-30-16-18;30-21(20-6-5-19(31-20)15-7-9-25-26-13-15)28-22-27-17-3-1-2-4-18(17)29(22)16-11-23(12-16)8-10-24-14-23;1-2-8(11-5-1)7-3-4-9-10-6-7;2-1-3;/h4-10,12,16,19H,11,13-15,17H2,1-3H3,(H,31,32,35);1-7,9,13,16,24H,8,10-12,14H2,(H,27,28,30);1-6H;;1H. The molecule has 2 spiro atoms. The first kappa shape index (κ1) is 58.7. The number of imidazole rings is 2. The first-order valence-corrected chi connectivity index (χ1v) is 29.6. The maximum Gasteiger partial charge on any atom is 0.410 e. The molecule has 20 nitrogen and oxygen atoms in total. The van der Waals surface area contributed by atoms with Crippen molar-refractivity contribution in [2.75, 3.05) is 36.8 Å². The Kier molecular flexibility index (Phi) is 17.9. The Morgan fingerprint density at radius 1 is 0.619 bits per heavy atom. The smallest absolute Gasteiger partial charge is 0.410 e. The van der Waals surface area contributed by atoms with Gasteiger partial charge in [-0.3, -0.25) is 20.2 Å². The number of thiophene rings is 3. The topological polar surface area (TPSA) is 247 Å². The Labute approximate surface area is 501 Å². The van der Waals surface area contributed by atoms with Gasteiger partial charge in [-0.15, -0.1) is 46.4 Å². The summed E-state index contributed by atoms with van der Waals surface area (Å²) < 4.78 is 9.99. The lowest BCUT2D eigenvalue weighted by atomic mass is 9.65. The fourth-order valence-electron chi connectivity index (χ4n) is 11.5. The molecule has 0 radical (unpaired) electrons. The molecule has 0 atom stereocenters. The van der Waals surface area contributed by atoms with E-state index < -0.39 is 5.60 Å². The lowest BCUT2D eigenvalue weighted by Crippen LogP contribution is -2.43. The third-order valence-electron chi connectivity index (χ3n) is 15.3. The average molecular weight is 1200 g/mol. The highest BCUT2D eigenvalue weighted by molar-refractivity contribution is 7.17. The van der Waals surface area contributed by atoms with Gasteiger partial charge in [0, 0.05) is 63.0 Å². The Hall–Kier alpha value is -8.44. The van der Waals surface area contributed by atoms with Gasteiger partial charge in [-0.25, -0.2) is 14.8 Å². The first-order valence-electron chi connectivity index (χ1n) is 27.1. The SMILES string of the molecule is CC(C)(C)OC(=O)N1CCC2(CC(n3c(NC(=O)c4ccc(-c5ccnnc5)s4)nc4ccccc43)C2)C1.Cl.O=C(Nc1nc2ccccc2n1C1CC2(CCNC2)C1)c1ccc(-c2ccnnc2)s1.O=C=O.c1csc(-c2ccnnc2)c1. The van der Waals surface area contributed by atoms with Crippen LogP contribution >= 0.6 is 46.4 Å². The van der Waals surface area contributed by atoms with Gasteiger partial charge in [0.2, 0.25) is 11.9 Å². The molecular formula is C60H59ClN14O6S3. The van der Waals surface area contributed by atoms with Crippen molar-refractivity contribution >= 4 is 104 Å². The van der Waals surface area contributed by atoms with Crippen LogP contribution in [0.5, 0.6) is 0 Å². The average Bonchev–Trinajstić information content (AvgIpc) is 2.03. The number of halogens is 1. The Morgan fingerprint density at radius 2 is 1.11 bits per heavy atom. The fraction of sp³-hybridized carbons (Fsp3) is 0.300. The van der Waals surface area contributed by atoms with E-state index in [1.807, 2.05) is 117 Å². The predicted octanol–water partition coefficient (Wildman–Crippen LogP) is 11.9. The summed E-state index contributed by atoms with van der Waals surface area (Å²) >= 11 is 4.56. The normalized spacial score (nSPS) is 19.2. The number of nitrogens with zero attached hydrogens (tertiary/aromatic N) is 11. The molecule has 2 aliphatic heterocycles. The molecule has 0 unspecified atom stereocenters. The highest BCUT2D eigenvalue weighted by atomic mass is 35.5. The van der Waals surface area contributed by atoms with Crippen molar-refractivity contribution in [1.29, 1.82) is 0 Å². The van der Waals surface area contributed by atoms with Gasteiger partial charge in [-0.05, 0) is 155 Å². The number of nitrogens with one attached hydrogen (secondary N) is 3. The molecule has 10 heterocycles. The molecule has 430 valence electrons. The minimum absolute atomic E-state index is 0. The second-order valence-electron chi connectivity index (χ2n) is 22.0. The summed E-state index contributed by atoms with van der Waals surface area (Å²) in [5, 5.41) is 34.7. The summed E-state index contributed by atoms with van der Waals surface area (Å²) in [4.78, 5) is 71.0. The summed E-state index contributed by atoms with van der Waals surface area (Å²) in [5.41, 5.74) is 6.85. The number of para-hydroxylation sites is 4. The summed E-state index contributed by atoms with van der Waals surface area (Å²) in [5.74, 6) is 0.869. The fourth-order valence-corrected chi connectivity index (χ4v) is 14.0. The van der Waals surface area contributed by atoms with Crippen LogP contribution in [0.15, 0.2) is 146 Å². The number of anilines is 2. The van der Waals surface area contributed by atoms with Gasteiger partial charge in [0.1, 0.15) is 5.60 Å². The van der Waals surface area contributed by atoms with Gasteiger partial charge in [0.05, 0.1) is 69.0 Å². The van der Waals surface area contributed by atoms with Gasteiger partial charge in [-0.2, -0.15) is 40.2 Å². The van der Waals surface area contributed by atoms with Crippen LogP contribution in [0.3, 0.4) is 0 Å². The Balaban J connectivity index is 0.000000152. The van der Waals surface area contributed by atoms with E-state index >= 15 is 0 Å². The van der Waals surface area contributed by atoms with Gasteiger partial charge in [0.15, 0.2) is 0 Å². The molecule has 14 rings (SSSR count). The molecule has 3 amide bonds. The van der Waals surface area contributed by atoms with Crippen LogP contribution in [0.25, 0.3) is 53.4 Å². The number of rotatable bonds is 9. The molecule has 10 aromatic rings. The lowest BCUT2D eigenvalue weighted by molar-refractivity contribution is -0.191. The number of aromatic nitrogens is 10. The van der Waals surface area contributed by atoms with Crippen LogP contribution in [-0.4, -0.2) is 110 Å². The summed E-state index contributed by atoms with van der Waals surface area (Å²) in [6.07, 6.45) is 16.5. The van der Waals surface area contributed by atoms with Crippen molar-refractivity contribution < 1.29 is 28.7 Å². The molecule has 2 aromatic carbocycles. The molecule has 24 heteroatoms. The van der Waals surface area contributed by atoms with Crippen LogP contribution in [0.1, 0.15) is 90.7 Å². The van der Waals surface area contributed by atoms with Crippen molar-refractivity contribution in [2.45, 2.75) is 77.0 Å². The van der Waals surface area contributed by atoms with Gasteiger partial charge < -0.3 is 24.1 Å². The maximum atomic E-state index is 13.3. The Morgan fingerprint density at radius 3 is 1.55 bits per heavy atom. The van der Waals surface area contributed by atoms with Crippen molar-refractivity contribution in [3.8, 4) is 31.3 Å². The van der Waals surface area contributed by atoms with Crippen LogP contribution in [0, 0.1) is 10.8 Å². The highest BCUT2D eigenvalue weighted by Gasteiger charge is 2.52. The zero-order valence-corrected chi connectivity index (χ0v) is 49.3. The maximum absolute atomic E-state index is 13.3. The number of carbonyl (C=O) groups is 3. The van der Waals surface area contributed by atoms with Crippen molar-refractivity contribution in [3.05, 3.63) is 155 Å². The van der Waals surface area contributed by atoms with E-state index in [0.717, 1.165) is 93.7 Å². The molecular weight excluding hydrogens is 1140 g/mol. The monoisotopic (exact) mass is 1200 g/mol. The van der Waals surface area contributed by atoms with Crippen molar-refractivity contribution in [1.82, 2.24) is 59.9 Å². The minimum atomic E-state index is -0.504. The first-order chi connectivity index (χ1) is 40.3. The van der Waals surface area contributed by atoms with Crippen LogP contribution in [0.4, 0.5) is 16.7 Å². The van der Waals surface area contributed by atoms with Gasteiger partial charge >= 0.3 is 12.2 Å². The third kappa shape index (κ3) is 13.2. The summed E-state index contributed by atoms with van der Waals surface area (Å²) in [6.45, 7) is 9.29. The lowest BCUT2D eigenvalue weighted by Gasteiger charge is -2.46. The third-order valence-corrected chi connectivity index (χ3v) is 18.4. The van der Waals surface area contributed by atoms with Gasteiger partial charge in [0.25, 0.3) is 11.8 Å². The van der Waals surface area contributed by atoms with E-state index in [1.54, 1.807) is 48.5 Å². The molecule has 8 aromatic heterocycles. The number of fused-ring (bicyclic) bond motifs is 2. The van der Waals surface area contributed by atoms with Crippen LogP contribution < -0.4 is 16.0 Å². The quantitative estimate of drug-likeness (QED) is 0.122. The minimum Gasteiger partial charge on any atom is -0.444 e. The molecule has 4 fully saturated rings. The van der Waals surface area contributed by atoms with Gasteiger partial charge in [-0.1, -0.05) is 30.3 Å². The summed E-state index contributed by atoms with van der Waals surface area (Å²) in [6, 6.07) is 34.0. The zero-order chi connectivity index (χ0) is 57.6. The van der Waals surface area contributed by atoms with E-state index in [2.05, 4.69) is 73.2 Å². The predicted molar refractivity (Wildman–Crippen MR) is 325 cm³/mol. The van der Waals surface area contributed by atoms with E-state index in [-0.39, 0.29) is 47.9 Å². The van der Waals surface area contributed by atoms with Crippen LogP contribution in [-0.2, 0) is 14.3 Å². The summed E-state index contributed by atoms with van der Waals surface area (Å²) in [7, 11) is 0. The number of carbonyl (C=O) groups excluding carboxylic acids is 5. The molecule has 2 saturated carbocycles. The van der Waals surface area contributed by atoms with Crippen molar-refractivity contribution in [2.24, 2.45) is 10.8 Å². The van der Waals surface area contributed by atoms with E-state index in [1.165, 1.54) is 34.0 Å². The highest BCUT2D eigenvalue weighted by Crippen LogP contribution is 2.56. The second-order valence-corrected chi connectivity index (χ2v) is 25.1. The number of amides is 3. The zero-order valence-electron chi connectivity index (χ0n) is 46.1. The van der Waals surface area contributed by atoms with E-state index in [0.29, 0.717) is 46.2 Å². The Bertz CT molecular complexity index is 3900. The molecule has 2 saturated heterocycles. The number of hydrogen-bond donors (Lipinski definition) is 3. The molecule has 0 bridgehead atoms. The molecule has 3 N–H and O–H groups in total. The molecule has 2 aliphatic carbocycles. The number of likely N-dealkylation sites (tertiary alicyclic amines) is 1.